The van der Waals surface area contributed by atoms with Gasteiger partial charge < -0.3 is 10.1 Å². The maximum absolute atomic E-state index is 10.8. The van der Waals surface area contributed by atoms with E-state index in [1.807, 2.05) is 20.8 Å². The van der Waals surface area contributed by atoms with Gasteiger partial charge in [-0.25, -0.2) is 0 Å². The Morgan fingerprint density at radius 1 is 1.57 bits per heavy atom. The van der Waals surface area contributed by atoms with E-state index >= 15 is 0 Å². The molecule has 0 fully saturated rings. The van der Waals surface area contributed by atoms with E-state index in [1.165, 1.54) is 4.68 Å². The normalized spacial score (nSPS) is 10.9. The Bertz CT molecular complexity index is 332. The van der Waals surface area contributed by atoms with Crippen LogP contribution in [-0.4, -0.2) is 19.9 Å². The van der Waals surface area contributed by atoms with Gasteiger partial charge in [-0.15, -0.1) is 9.78 Å². The minimum atomic E-state index is -0.412. The maximum atomic E-state index is 10.8. The molecule has 0 saturated carbocycles. The predicted octanol–water partition coefficient (Wildman–Crippen LogP) is 1.72. The standard InChI is InChI=1S/C8H14N4O2/c1-4-5-11-8(12(13)14)7(6(2)3)9-10-11/h6H,4-5H2,1-3H3. The molecule has 1 aromatic rings. The summed E-state index contributed by atoms with van der Waals surface area (Å²) >= 11 is 0. The lowest BCUT2D eigenvalue weighted by molar-refractivity contribution is -0.393. The number of nitro groups is 1. The Balaban J connectivity index is 3.13. The van der Waals surface area contributed by atoms with Crippen LogP contribution in [-0.2, 0) is 6.54 Å². The van der Waals surface area contributed by atoms with E-state index < -0.39 is 4.92 Å². The minimum Gasteiger partial charge on any atom is -0.358 e. The second-order valence-electron chi connectivity index (χ2n) is 3.43. The van der Waals surface area contributed by atoms with Crippen molar-refractivity contribution in [1.29, 1.82) is 0 Å². The highest BCUT2D eigenvalue weighted by atomic mass is 16.6. The molecular weight excluding hydrogens is 184 g/mol. The van der Waals surface area contributed by atoms with Crippen LogP contribution in [0, 0.1) is 10.1 Å². The summed E-state index contributed by atoms with van der Waals surface area (Å²) in [5.41, 5.74) is 0.462. The molecule has 14 heavy (non-hydrogen) atoms. The topological polar surface area (TPSA) is 73.8 Å². The SMILES string of the molecule is CCCn1nnc(C(C)C)c1[N+](=O)[O-]. The molecule has 0 saturated heterocycles. The van der Waals surface area contributed by atoms with Crippen LogP contribution in [0.2, 0.25) is 0 Å². The van der Waals surface area contributed by atoms with E-state index in [0.29, 0.717) is 12.2 Å². The van der Waals surface area contributed by atoms with Gasteiger partial charge in [-0.05, 0) is 11.3 Å². The number of nitrogens with zero attached hydrogens (tertiary/aromatic N) is 4. The summed E-state index contributed by atoms with van der Waals surface area (Å²) in [5.74, 6) is 0.0582. The summed E-state index contributed by atoms with van der Waals surface area (Å²) in [5, 5.41) is 18.4. The average molecular weight is 198 g/mol. The number of aromatic nitrogens is 3. The fourth-order valence-electron chi connectivity index (χ4n) is 1.25. The lowest BCUT2D eigenvalue weighted by Crippen LogP contribution is -2.05. The van der Waals surface area contributed by atoms with Gasteiger partial charge in [0.1, 0.15) is 6.54 Å². The first-order valence-electron chi connectivity index (χ1n) is 4.65. The fourth-order valence-corrected chi connectivity index (χ4v) is 1.25. The van der Waals surface area contributed by atoms with Gasteiger partial charge in [0.05, 0.1) is 0 Å². The molecule has 0 aromatic carbocycles. The van der Waals surface area contributed by atoms with Crippen molar-refractivity contribution in [1.82, 2.24) is 15.0 Å². The summed E-state index contributed by atoms with van der Waals surface area (Å²) < 4.78 is 1.36. The van der Waals surface area contributed by atoms with Crippen LogP contribution in [0.25, 0.3) is 0 Å². The van der Waals surface area contributed by atoms with Crippen molar-refractivity contribution in [3.8, 4) is 0 Å². The van der Waals surface area contributed by atoms with Gasteiger partial charge in [0.15, 0.2) is 5.69 Å². The van der Waals surface area contributed by atoms with Crippen LogP contribution >= 0.6 is 0 Å². The van der Waals surface area contributed by atoms with E-state index in [9.17, 15) is 10.1 Å². The van der Waals surface area contributed by atoms with Gasteiger partial charge >= 0.3 is 5.82 Å². The molecule has 78 valence electrons. The summed E-state index contributed by atoms with van der Waals surface area (Å²) in [6.07, 6.45) is 0.807. The fraction of sp³-hybridized carbons (Fsp3) is 0.750. The molecule has 1 heterocycles. The number of aryl methyl sites for hydroxylation is 1. The van der Waals surface area contributed by atoms with Crippen LogP contribution < -0.4 is 0 Å². The largest absolute Gasteiger partial charge is 0.368 e. The highest BCUT2D eigenvalue weighted by molar-refractivity contribution is 5.27. The average Bonchev–Trinajstić information content (AvgIpc) is 2.48. The highest BCUT2D eigenvalue weighted by Gasteiger charge is 2.25. The van der Waals surface area contributed by atoms with Crippen LogP contribution in [0.3, 0.4) is 0 Å². The summed E-state index contributed by atoms with van der Waals surface area (Å²) in [7, 11) is 0. The molecule has 6 nitrogen and oxygen atoms in total. The Morgan fingerprint density at radius 2 is 2.21 bits per heavy atom. The van der Waals surface area contributed by atoms with Gasteiger partial charge in [-0.2, -0.15) is 0 Å². The summed E-state index contributed by atoms with van der Waals surface area (Å²) in [6.45, 7) is 6.22. The Hall–Kier alpha value is -1.46. The van der Waals surface area contributed by atoms with Crippen molar-refractivity contribution in [2.75, 3.05) is 0 Å². The quantitative estimate of drug-likeness (QED) is 0.545. The molecule has 0 bridgehead atoms. The maximum Gasteiger partial charge on any atom is 0.368 e. The second-order valence-corrected chi connectivity index (χ2v) is 3.43. The van der Waals surface area contributed by atoms with Crippen LogP contribution in [0.4, 0.5) is 5.82 Å². The molecule has 1 aromatic heterocycles. The van der Waals surface area contributed by atoms with Gasteiger partial charge in [-0.1, -0.05) is 20.8 Å². The van der Waals surface area contributed by atoms with Crippen molar-refractivity contribution < 1.29 is 4.92 Å². The van der Waals surface area contributed by atoms with Crippen LogP contribution in [0.15, 0.2) is 0 Å². The molecular formula is C8H14N4O2. The molecule has 0 amide bonds. The zero-order chi connectivity index (χ0) is 10.7. The van der Waals surface area contributed by atoms with E-state index in [1.54, 1.807) is 0 Å². The summed E-state index contributed by atoms with van der Waals surface area (Å²) in [4.78, 5) is 10.4. The molecule has 0 radical (unpaired) electrons. The monoisotopic (exact) mass is 198 g/mol. The molecule has 0 N–H and O–H groups in total. The number of hydrogen-bond donors (Lipinski definition) is 0. The Morgan fingerprint density at radius 3 is 2.64 bits per heavy atom. The molecule has 0 aliphatic carbocycles. The first kappa shape index (κ1) is 10.6. The highest BCUT2D eigenvalue weighted by Crippen LogP contribution is 2.23. The summed E-state index contributed by atoms with van der Waals surface area (Å²) in [6, 6.07) is 0. The molecule has 0 spiro atoms. The molecule has 0 aliphatic heterocycles. The lowest BCUT2D eigenvalue weighted by Gasteiger charge is -2.00. The third kappa shape index (κ3) is 1.89. The first-order chi connectivity index (χ1) is 6.57. The van der Waals surface area contributed by atoms with E-state index in [0.717, 1.165) is 6.42 Å². The Kier molecular flexibility index (Phi) is 3.16. The van der Waals surface area contributed by atoms with Crippen molar-refractivity contribution in [2.45, 2.75) is 39.7 Å². The minimum absolute atomic E-state index is 0.0287. The smallest absolute Gasteiger partial charge is 0.358 e. The van der Waals surface area contributed by atoms with Gasteiger partial charge in [0.25, 0.3) is 0 Å². The first-order valence-corrected chi connectivity index (χ1v) is 4.65. The van der Waals surface area contributed by atoms with Crippen molar-refractivity contribution in [3.05, 3.63) is 15.8 Å². The van der Waals surface area contributed by atoms with Gasteiger partial charge in [0, 0.05) is 11.1 Å². The number of hydrogen-bond acceptors (Lipinski definition) is 4. The molecule has 0 aliphatic rings. The van der Waals surface area contributed by atoms with E-state index in [2.05, 4.69) is 10.3 Å². The van der Waals surface area contributed by atoms with E-state index in [4.69, 9.17) is 0 Å². The zero-order valence-corrected chi connectivity index (χ0v) is 8.60. The molecule has 0 atom stereocenters. The third-order valence-corrected chi connectivity index (χ3v) is 1.89. The van der Waals surface area contributed by atoms with Crippen LogP contribution in [0.1, 0.15) is 38.8 Å². The Labute approximate surface area is 82.1 Å². The molecule has 6 heteroatoms. The third-order valence-electron chi connectivity index (χ3n) is 1.89. The van der Waals surface area contributed by atoms with Crippen molar-refractivity contribution >= 4 is 5.82 Å². The zero-order valence-electron chi connectivity index (χ0n) is 8.60. The predicted molar refractivity (Wildman–Crippen MR) is 51.1 cm³/mol. The van der Waals surface area contributed by atoms with Gasteiger partial charge in [0.2, 0.25) is 0 Å². The van der Waals surface area contributed by atoms with Crippen molar-refractivity contribution in [3.63, 3.8) is 0 Å². The van der Waals surface area contributed by atoms with Crippen molar-refractivity contribution in [2.24, 2.45) is 0 Å². The van der Waals surface area contributed by atoms with Gasteiger partial charge in [-0.3, -0.25) is 0 Å². The lowest BCUT2D eigenvalue weighted by atomic mass is 10.1. The molecule has 1 rings (SSSR count). The van der Waals surface area contributed by atoms with Crippen LogP contribution in [0.5, 0.6) is 0 Å². The number of rotatable bonds is 4. The van der Waals surface area contributed by atoms with E-state index in [-0.39, 0.29) is 11.7 Å². The molecule has 0 unspecified atom stereocenters. The second kappa shape index (κ2) is 4.17.